The van der Waals surface area contributed by atoms with Crippen LogP contribution in [0.3, 0.4) is 0 Å². The number of nitrogens with one attached hydrogen (secondary N) is 1. The van der Waals surface area contributed by atoms with Gasteiger partial charge in [-0.25, -0.2) is 0 Å². The Morgan fingerprint density at radius 1 is 0.800 bits per heavy atom. The van der Waals surface area contributed by atoms with E-state index in [1.807, 2.05) is 24.3 Å². The van der Waals surface area contributed by atoms with Gasteiger partial charge >= 0.3 is 0 Å². The topological polar surface area (TPSA) is 32.3 Å². The molecule has 2 nitrogen and oxygen atoms in total. The van der Waals surface area contributed by atoms with Crippen LogP contribution in [-0.4, -0.2) is 5.11 Å². The fraction of sp³-hybridized carbons (Fsp3) is 0. The molecular formula is C18H13NO. The highest BCUT2D eigenvalue weighted by Crippen LogP contribution is 2.37. The van der Waals surface area contributed by atoms with Crippen molar-refractivity contribution in [3.8, 4) is 5.75 Å². The summed E-state index contributed by atoms with van der Waals surface area (Å²) in [6.45, 7) is 0. The number of phenols is 1. The number of benzene rings is 3. The summed E-state index contributed by atoms with van der Waals surface area (Å²) in [7, 11) is 0. The van der Waals surface area contributed by atoms with E-state index in [1.165, 1.54) is 16.3 Å². The van der Waals surface area contributed by atoms with Crippen molar-refractivity contribution in [1.29, 1.82) is 0 Å². The molecule has 0 bridgehead atoms. The molecule has 0 saturated carbocycles. The fourth-order valence-electron chi connectivity index (χ4n) is 2.78. The van der Waals surface area contributed by atoms with E-state index in [1.54, 1.807) is 6.07 Å². The molecule has 0 unspecified atom stereocenters. The molecule has 3 aromatic carbocycles. The van der Waals surface area contributed by atoms with E-state index in [0.717, 1.165) is 16.9 Å². The van der Waals surface area contributed by atoms with Crippen molar-refractivity contribution >= 4 is 28.2 Å². The van der Waals surface area contributed by atoms with Crippen molar-refractivity contribution in [3.05, 3.63) is 71.8 Å². The van der Waals surface area contributed by atoms with Crippen LogP contribution in [0.25, 0.3) is 22.5 Å². The SMILES string of the molecule is Oc1ccccc1C1=Cc2cccc3cccc(c23)N1. The normalized spacial score (nSPS) is 12.9. The minimum Gasteiger partial charge on any atom is -0.507 e. The first-order chi connectivity index (χ1) is 9.83. The van der Waals surface area contributed by atoms with Gasteiger partial charge in [-0.3, -0.25) is 0 Å². The number of para-hydroxylation sites is 1. The van der Waals surface area contributed by atoms with Crippen molar-refractivity contribution < 1.29 is 5.11 Å². The Kier molecular flexibility index (Phi) is 2.30. The summed E-state index contributed by atoms with van der Waals surface area (Å²) >= 11 is 0. The van der Waals surface area contributed by atoms with E-state index >= 15 is 0 Å². The first kappa shape index (κ1) is 11.1. The number of hydrogen-bond acceptors (Lipinski definition) is 2. The highest BCUT2D eigenvalue weighted by molar-refractivity contribution is 6.09. The predicted octanol–water partition coefficient (Wildman–Crippen LogP) is 4.47. The molecule has 0 amide bonds. The summed E-state index contributed by atoms with van der Waals surface area (Å²) in [5.41, 5.74) is 4.00. The van der Waals surface area contributed by atoms with Gasteiger partial charge in [0.1, 0.15) is 5.75 Å². The van der Waals surface area contributed by atoms with Gasteiger partial charge in [-0.15, -0.1) is 0 Å². The van der Waals surface area contributed by atoms with E-state index in [-0.39, 0.29) is 5.75 Å². The van der Waals surface area contributed by atoms with Crippen molar-refractivity contribution in [1.82, 2.24) is 0 Å². The van der Waals surface area contributed by atoms with Crippen LogP contribution in [0.15, 0.2) is 60.7 Å². The van der Waals surface area contributed by atoms with Gasteiger partial charge < -0.3 is 10.4 Å². The van der Waals surface area contributed by atoms with Gasteiger partial charge in [-0.1, -0.05) is 42.5 Å². The van der Waals surface area contributed by atoms with E-state index in [4.69, 9.17) is 0 Å². The molecule has 2 heteroatoms. The minimum atomic E-state index is 0.290. The molecule has 1 heterocycles. The Balaban J connectivity index is 1.97. The molecule has 1 aliphatic rings. The largest absolute Gasteiger partial charge is 0.507 e. The molecule has 4 rings (SSSR count). The molecule has 1 aliphatic heterocycles. The number of rotatable bonds is 1. The Bertz CT molecular complexity index is 844. The van der Waals surface area contributed by atoms with E-state index < -0.39 is 0 Å². The molecule has 0 spiro atoms. The number of hydrogen-bond donors (Lipinski definition) is 2. The lowest BCUT2D eigenvalue weighted by molar-refractivity contribution is 0.473. The van der Waals surface area contributed by atoms with Crippen LogP contribution in [-0.2, 0) is 0 Å². The quantitative estimate of drug-likeness (QED) is 0.675. The second kappa shape index (κ2) is 4.14. The van der Waals surface area contributed by atoms with Crippen molar-refractivity contribution in [2.45, 2.75) is 0 Å². The Morgan fingerprint density at radius 3 is 2.45 bits per heavy atom. The average molecular weight is 259 g/mol. The van der Waals surface area contributed by atoms with Gasteiger partial charge in [-0.2, -0.15) is 0 Å². The highest BCUT2D eigenvalue weighted by Gasteiger charge is 2.15. The lowest BCUT2D eigenvalue weighted by Gasteiger charge is -2.20. The molecule has 96 valence electrons. The van der Waals surface area contributed by atoms with Crippen molar-refractivity contribution in [3.63, 3.8) is 0 Å². The van der Waals surface area contributed by atoms with Crippen LogP contribution >= 0.6 is 0 Å². The van der Waals surface area contributed by atoms with Crippen LogP contribution in [0.5, 0.6) is 5.75 Å². The molecule has 0 aliphatic carbocycles. The Labute approximate surface area is 117 Å². The maximum absolute atomic E-state index is 10.0. The minimum absolute atomic E-state index is 0.290. The molecular weight excluding hydrogens is 246 g/mol. The zero-order valence-electron chi connectivity index (χ0n) is 10.8. The summed E-state index contributed by atoms with van der Waals surface area (Å²) < 4.78 is 0. The lowest BCUT2D eigenvalue weighted by atomic mass is 9.96. The highest BCUT2D eigenvalue weighted by atomic mass is 16.3. The Hall–Kier alpha value is -2.74. The van der Waals surface area contributed by atoms with Gasteiger partial charge in [0.15, 0.2) is 0 Å². The summed E-state index contributed by atoms with van der Waals surface area (Å²) in [5, 5.41) is 15.9. The lowest BCUT2D eigenvalue weighted by Crippen LogP contribution is -2.04. The van der Waals surface area contributed by atoms with Crippen molar-refractivity contribution in [2.24, 2.45) is 0 Å². The third kappa shape index (κ3) is 1.58. The van der Waals surface area contributed by atoms with Crippen LogP contribution in [0.4, 0.5) is 5.69 Å². The smallest absolute Gasteiger partial charge is 0.124 e. The van der Waals surface area contributed by atoms with Crippen LogP contribution < -0.4 is 5.32 Å². The fourth-order valence-corrected chi connectivity index (χ4v) is 2.78. The molecule has 0 fully saturated rings. The summed E-state index contributed by atoms with van der Waals surface area (Å²) in [6, 6.07) is 19.9. The third-order valence-electron chi connectivity index (χ3n) is 3.70. The van der Waals surface area contributed by atoms with Crippen molar-refractivity contribution in [2.75, 3.05) is 5.32 Å². The zero-order chi connectivity index (χ0) is 13.5. The molecule has 2 N–H and O–H groups in total. The molecule has 0 aromatic heterocycles. The van der Waals surface area contributed by atoms with Gasteiger partial charge in [0.25, 0.3) is 0 Å². The maximum atomic E-state index is 10.0. The van der Waals surface area contributed by atoms with E-state index in [9.17, 15) is 5.11 Å². The molecule has 0 saturated heterocycles. The standard InChI is InChI=1S/C18H13NO/c20-17-10-2-1-8-14(17)16-11-13-7-3-5-12-6-4-9-15(19-16)18(12)13/h1-11,19-20H. The molecule has 3 aromatic rings. The number of phenolic OH excluding ortho intramolecular Hbond substituents is 1. The third-order valence-corrected chi connectivity index (χ3v) is 3.70. The van der Waals surface area contributed by atoms with Gasteiger partial charge in [0.2, 0.25) is 0 Å². The predicted molar refractivity (Wildman–Crippen MR) is 83.5 cm³/mol. The number of aromatic hydroxyl groups is 1. The van der Waals surface area contributed by atoms with Gasteiger partial charge in [0, 0.05) is 16.6 Å². The molecule has 20 heavy (non-hydrogen) atoms. The first-order valence-corrected chi connectivity index (χ1v) is 6.62. The maximum Gasteiger partial charge on any atom is 0.124 e. The van der Waals surface area contributed by atoms with Crippen LogP contribution in [0, 0.1) is 0 Å². The molecule has 0 radical (unpaired) electrons. The second-order valence-corrected chi connectivity index (χ2v) is 4.95. The summed E-state index contributed by atoms with van der Waals surface area (Å²) in [5.74, 6) is 0.290. The van der Waals surface area contributed by atoms with Gasteiger partial charge in [-0.05, 0) is 35.2 Å². The summed E-state index contributed by atoms with van der Waals surface area (Å²) in [4.78, 5) is 0. The monoisotopic (exact) mass is 259 g/mol. The van der Waals surface area contributed by atoms with Crippen LogP contribution in [0.1, 0.15) is 11.1 Å². The summed E-state index contributed by atoms with van der Waals surface area (Å²) in [6.07, 6.45) is 2.09. The van der Waals surface area contributed by atoms with E-state index in [0.29, 0.717) is 0 Å². The van der Waals surface area contributed by atoms with E-state index in [2.05, 4.69) is 41.7 Å². The average Bonchev–Trinajstić information content (AvgIpc) is 2.48. The Morgan fingerprint density at radius 2 is 1.60 bits per heavy atom. The first-order valence-electron chi connectivity index (χ1n) is 6.62. The van der Waals surface area contributed by atoms with Gasteiger partial charge in [0.05, 0.1) is 5.70 Å². The number of anilines is 1. The van der Waals surface area contributed by atoms with Crippen LogP contribution in [0.2, 0.25) is 0 Å². The second-order valence-electron chi connectivity index (χ2n) is 4.95. The molecule has 0 atom stereocenters. The zero-order valence-corrected chi connectivity index (χ0v) is 10.8.